The SMILES string of the molecule is O=C(Nc1cccc(C(F)(F)F)c1)c1ccc2c(c1)CN(c1cncnc1)CS2. The van der Waals surface area contributed by atoms with Crippen molar-refractivity contribution in [3.05, 3.63) is 77.9 Å². The summed E-state index contributed by atoms with van der Waals surface area (Å²) in [5.74, 6) is 0.271. The Morgan fingerprint density at radius 1 is 1.10 bits per heavy atom. The minimum absolute atomic E-state index is 0.0972. The number of carbonyl (C=O) groups excluding carboxylic acids is 1. The average Bonchev–Trinajstić information content (AvgIpc) is 2.73. The van der Waals surface area contributed by atoms with Crippen LogP contribution in [0.1, 0.15) is 21.5 Å². The first kappa shape index (κ1) is 19.3. The van der Waals surface area contributed by atoms with E-state index >= 15 is 0 Å². The van der Waals surface area contributed by atoms with E-state index in [1.54, 1.807) is 36.3 Å². The molecule has 0 saturated heterocycles. The van der Waals surface area contributed by atoms with Crippen LogP contribution in [0.5, 0.6) is 0 Å². The van der Waals surface area contributed by atoms with Gasteiger partial charge in [-0.2, -0.15) is 13.2 Å². The van der Waals surface area contributed by atoms with Gasteiger partial charge in [0.1, 0.15) is 6.33 Å². The largest absolute Gasteiger partial charge is 0.416 e. The Kier molecular flexibility index (Phi) is 5.14. The van der Waals surface area contributed by atoms with Crippen LogP contribution in [-0.2, 0) is 12.7 Å². The van der Waals surface area contributed by atoms with E-state index in [0.29, 0.717) is 12.1 Å². The number of benzene rings is 2. The Bertz CT molecular complexity index is 1040. The molecule has 0 atom stereocenters. The van der Waals surface area contributed by atoms with Gasteiger partial charge in [-0.05, 0) is 42.0 Å². The third-order valence-electron chi connectivity index (χ3n) is 4.42. The Morgan fingerprint density at radius 3 is 2.66 bits per heavy atom. The highest BCUT2D eigenvalue weighted by Gasteiger charge is 2.30. The molecule has 1 aliphatic rings. The van der Waals surface area contributed by atoms with Crippen molar-refractivity contribution in [2.75, 3.05) is 16.1 Å². The number of carbonyl (C=O) groups is 1. The van der Waals surface area contributed by atoms with Crippen LogP contribution in [0.25, 0.3) is 0 Å². The molecule has 0 bridgehead atoms. The topological polar surface area (TPSA) is 58.1 Å². The summed E-state index contributed by atoms with van der Waals surface area (Å²) in [6.45, 7) is 0.584. The molecule has 2 heterocycles. The molecule has 1 amide bonds. The van der Waals surface area contributed by atoms with Gasteiger partial charge in [-0.25, -0.2) is 9.97 Å². The first-order chi connectivity index (χ1) is 13.9. The van der Waals surface area contributed by atoms with Gasteiger partial charge in [0.2, 0.25) is 0 Å². The van der Waals surface area contributed by atoms with Gasteiger partial charge in [0.15, 0.2) is 0 Å². The second-order valence-corrected chi connectivity index (χ2v) is 7.41. The fraction of sp³-hybridized carbons (Fsp3) is 0.150. The highest BCUT2D eigenvalue weighted by molar-refractivity contribution is 7.99. The van der Waals surface area contributed by atoms with Gasteiger partial charge in [0, 0.05) is 22.7 Å². The normalized spacial score (nSPS) is 13.7. The number of alkyl halides is 3. The molecular weight excluding hydrogens is 401 g/mol. The van der Waals surface area contributed by atoms with Crippen LogP contribution in [0.2, 0.25) is 0 Å². The number of nitrogens with one attached hydrogen (secondary N) is 1. The minimum atomic E-state index is -4.46. The third-order valence-corrected chi connectivity index (χ3v) is 5.57. The van der Waals surface area contributed by atoms with E-state index in [-0.39, 0.29) is 5.69 Å². The van der Waals surface area contributed by atoms with Gasteiger partial charge < -0.3 is 10.2 Å². The van der Waals surface area contributed by atoms with Crippen LogP contribution in [-0.4, -0.2) is 21.8 Å². The number of amides is 1. The lowest BCUT2D eigenvalue weighted by atomic mass is 10.1. The quantitative estimate of drug-likeness (QED) is 0.664. The van der Waals surface area contributed by atoms with Crippen LogP contribution in [0, 0.1) is 0 Å². The standard InChI is InChI=1S/C20H15F3N4OS/c21-20(22,23)15-2-1-3-16(7-15)26-19(28)13-4-5-18-14(6-13)10-27(12-29-18)17-8-24-11-25-9-17/h1-9,11H,10,12H2,(H,26,28). The summed E-state index contributed by atoms with van der Waals surface area (Å²) in [6, 6.07) is 9.88. The molecule has 3 aromatic rings. The predicted molar refractivity (Wildman–Crippen MR) is 105 cm³/mol. The molecule has 0 saturated carbocycles. The summed E-state index contributed by atoms with van der Waals surface area (Å²) in [6.07, 6.45) is 0.449. The van der Waals surface area contributed by atoms with Crippen molar-refractivity contribution < 1.29 is 18.0 Å². The number of hydrogen-bond acceptors (Lipinski definition) is 5. The van der Waals surface area contributed by atoms with Crippen molar-refractivity contribution >= 4 is 29.0 Å². The maximum atomic E-state index is 12.9. The van der Waals surface area contributed by atoms with Gasteiger partial charge in [-0.3, -0.25) is 4.79 Å². The van der Waals surface area contributed by atoms with Crippen LogP contribution in [0.3, 0.4) is 0 Å². The van der Waals surface area contributed by atoms with Crippen LogP contribution in [0.4, 0.5) is 24.5 Å². The second kappa shape index (κ2) is 7.75. The number of anilines is 2. The van der Waals surface area contributed by atoms with Crippen molar-refractivity contribution in [1.29, 1.82) is 0 Å². The fourth-order valence-corrected chi connectivity index (χ4v) is 3.99. The number of fused-ring (bicyclic) bond motifs is 1. The molecule has 0 spiro atoms. The lowest BCUT2D eigenvalue weighted by molar-refractivity contribution is -0.137. The van der Waals surface area contributed by atoms with E-state index in [0.717, 1.165) is 34.2 Å². The summed E-state index contributed by atoms with van der Waals surface area (Å²) >= 11 is 1.63. The van der Waals surface area contributed by atoms with Crippen LogP contribution in [0.15, 0.2) is 66.1 Å². The zero-order valence-corrected chi connectivity index (χ0v) is 15.8. The summed E-state index contributed by atoms with van der Waals surface area (Å²) in [5.41, 5.74) is 1.51. The van der Waals surface area contributed by atoms with Crippen molar-refractivity contribution in [1.82, 2.24) is 9.97 Å². The second-order valence-electron chi connectivity index (χ2n) is 6.42. The molecule has 5 nitrogen and oxygen atoms in total. The zero-order chi connectivity index (χ0) is 20.4. The molecule has 29 heavy (non-hydrogen) atoms. The van der Waals surface area contributed by atoms with Crippen molar-refractivity contribution in [3.8, 4) is 0 Å². The van der Waals surface area contributed by atoms with E-state index in [1.165, 1.54) is 18.5 Å². The van der Waals surface area contributed by atoms with E-state index in [2.05, 4.69) is 20.2 Å². The molecule has 0 aliphatic carbocycles. The molecule has 9 heteroatoms. The highest BCUT2D eigenvalue weighted by Crippen LogP contribution is 2.34. The highest BCUT2D eigenvalue weighted by atomic mass is 32.2. The smallest absolute Gasteiger partial charge is 0.355 e. The Morgan fingerprint density at radius 2 is 1.90 bits per heavy atom. The maximum absolute atomic E-state index is 12.9. The van der Waals surface area contributed by atoms with E-state index in [9.17, 15) is 18.0 Å². The van der Waals surface area contributed by atoms with Crippen LogP contribution < -0.4 is 10.2 Å². The minimum Gasteiger partial charge on any atom is -0.355 e. The predicted octanol–water partition coefficient (Wildman–Crippen LogP) is 4.82. The molecule has 1 aliphatic heterocycles. The summed E-state index contributed by atoms with van der Waals surface area (Å²) in [4.78, 5) is 23.8. The van der Waals surface area contributed by atoms with Crippen LogP contribution >= 0.6 is 11.8 Å². The maximum Gasteiger partial charge on any atom is 0.416 e. The number of nitrogens with zero attached hydrogens (tertiary/aromatic N) is 3. The van der Waals surface area contributed by atoms with Gasteiger partial charge in [-0.15, -0.1) is 11.8 Å². The van der Waals surface area contributed by atoms with Crippen molar-refractivity contribution in [2.24, 2.45) is 0 Å². The molecule has 0 unspecified atom stereocenters. The summed E-state index contributed by atoms with van der Waals surface area (Å²) in [5, 5.41) is 2.54. The number of thioether (sulfide) groups is 1. The Labute approximate surface area is 169 Å². The van der Waals surface area contributed by atoms with Gasteiger partial charge in [0.25, 0.3) is 5.91 Å². The molecule has 0 fully saturated rings. The molecule has 148 valence electrons. The first-order valence-corrected chi connectivity index (χ1v) is 9.63. The van der Waals surface area contributed by atoms with E-state index in [4.69, 9.17) is 0 Å². The number of aromatic nitrogens is 2. The lowest BCUT2D eigenvalue weighted by Gasteiger charge is -2.29. The number of hydrogen-bond donors (Lipinski definition) is 1. The van der Waals surface area contributed by atoms with E-state index in [1.807, 2.05) is 6.07 Å². The van der Waals surface area contributed by atoms with E-state index < -0.39 is 17.6 Å². The molecular formula is C20H15F3N4OS. The lowest BCUT2D eigenvalue weighted by Crippen LogP contribution is -2.26. The van der Waals surface area contributed by atoms with Gasteiger partial charge >= 0.3 is 6.18 Å². The molecule has 1 N–H and O–H groups in total. The molecule has 0 radical (unpaired) electrons. The molecule has 4 rings (SSSR count). The Balaban J connectivity index is 1.53. The number of rotatable bonds is 3. The van der Waals surface area contributed by atoms with Crippen molar-refractivity contribution in [3.63, 3.8) is 0 Å². The monoisotopic (exact) mass is 416 g/mol. The Hall–Kier alpha value is -3.07. The van der Waals surface area contributed by atoms with Crippen molar-refractivity contribution in [2.45, 2.75) is 17.6 Å². The number of halogens is 3. The molecule has 1 aromatic heterocycles. The summed E-state index contributed by atoms with van der Waals surface area (Å²) in [7, 11) is 0. The zero-order valence-electron chi connectivity index (χ0n) is 15.0. The van der Waals surface area contributed by atoms with Gasteiger partial charge in [-0.1, -0.05) is 6.07 Å². The van der Waals surface area contributed by atoms with Gasteiger partial charge in [0.05, 0.1) is 29.5 Å². The average molecular weight is 416 g/mol. The fourth-order valence-electron chi connectivity index (χ4n) is 2.98. The summed E-state index contributed by atoms with van der Waals surface area (Å²) < 4.78 is 38.6. The first-order valence-electron chi connectivity index (χ1n) is 8.64. The third kappa shape index (κ3) is 4.34. The molecule has 2 aromatic carbocycles.